The minimum Gasteiger partial charge on any atom is -0.378 e. The van der Waals surface area contributed by atoms with Crippen molar-refractivity contribution in [2.45, 2.75) is 23.3 Å². The van der Waals surface area contributed by atoms with Crippen molar-refractivity contribution in [1.29, 1.82) is 0 Å². The zero-order chi connectivity index (χ0) is 22.4. The van der Waals surface area contributed by atoms with E-state index in [0.717, 1.165) is 28.4 Å². The molecular weight excluding hydrogens is 428 g/mol. The van der Waals surface area contributed by atoms with E-state index < -0.39 is 10.0 Å². The molecule has 4 aromatic carbocycles. The van der Waals surface area contributed by atoms with Crippen molar-refractivity contribution in [2.24, 2.45) is 5.92 Å². The molecule has 2 aliphatic rings. The molecule has 6 rings (SSSR count). The van der Waals surface area contributed by atoms with E-state index in [1.165, 1.54) is 5.56 Å². The van der Waals surface area contributed by atoms with Crippen LogP contribution in [-0.4, -0.2) is 8.42 Å². The van der Waals surface area contributed by atoms with E-state index in [0.29, 0.717) is 11.6 Å². The summed E-state index contributed by atoms with van der Waals surface area (Å²) in [5.74, 6) is 0.558. The summed E-state index contributed by atoms with van der Waals surface area (Å²) in [7, 11) is -3.73. The van der Waals surface area contributed by atoms with Crippen LogP contribution in [-0.2, 0) is 10.0 Å². The molecule has 33 heavy (non-hydrogen) atoms. The lowest BCUT2D eigenvalue weighted by molar-refractivity contribution is 0.425. The monoisotopic (exact) mass is 452 g/mol. The molecule has 0 radical (unpaired) electrons. The topological polar surface area (TPSA) is 58.2 Å². The molecule has 4 nitrogen and oxygen atoms in total. The zero-order valence-electron chi connectivity index (χ0n) is 18.0. The van der Waals surface area contributed by atoms with Crippen LogP contribution in [0.15, 0.2) is 108 Å². The van der Waals surface area contributed by atoms with Crippen LogP contribution >= 0.6 is 0 Å². The van der Waals surface area contributed by atoms with Crippen molar-refractivity contribution in [3.63, 3.8) is 0 Å². The molecular formula is C28H24N2O2S. The van der Waals surface area contributed by atoms with Crippen LogP contribution in [0.5, 0.6) is 0 Å². The van der Waals surface area contributed by atoms with E-state index in [9.17, 15) is 8.42 Å². The molecule has 4 aromatic rings. The van der Waals surface area contributed by atoms with E-state index in [2.05, 4.69) is 46.5 Å². The van der Waals surface area contributed by atoms with Crippen molar-refractivity contribution in [1.82, 2.24) is 0 Å². The number of allylic oxidation sites excluding steroid dienone is 2. The van der Waals surface area contributed by atoms with Gasteiger partial charge in [0.05, 0.1) is 16.6 Å². The molecule has 5 heteroatoms. The Morgan fingerprint density at radius 2 is 1.64 bits per heavy atom. The lowest BCUT2D eigenvalue weighted by Gasteiger charge is -2.37. The summed E-state index contributed by atoms with van der Waals surface area (Å²) in [5.41, 5.74) is 3.89. The smallest absolute Gasteiger partial charge is 0.261 e. The van der Waals surface area contributed by atoms with Gasteiger partial charge in [-0.2, -0.15) is 0 Å². The molecule has 164 valence electrons. The Bertz CT molecular complexity index is 1470. The van der Waals surface area contributed by atoms with Gasteiger partial charge >= 0.3 is 0 Å². The maximum Gasteiger partial charge on any atom is 0.261 e. The lowest BCUT2D eigenvalue weighted by atomic mass is 9.77. The van der Waals surface area contributed by atoms with Crippen LogP contribution in [0.1, 0.15) is 29.5 Å². The van der Waals surface area contributed by atoms with Gasteiger partial charge in [-0.15, -0.1) is 0 Å². The first-order valence-electron chi connectivity index (χ1n) is 11.2. The molecule has 1 aliphatic heterocycles. The van der Waals surface area contributed by atoms with Gasteiger partial charge in [-0.3, -0.25) is 4.72 Å². The second kappa shape index (κ2) is 7.78. The Labute approximate surface area is 194 Å². The highest BCUT2D eigenvalue weighted by Gasteiger charge is 2.38. The second-order valence-electron chi connectivity index (χ2n) is 8.77. The number of hydrogen-bond donors (Lipinski definition) is 2. The van der Waals surface area contributed by atoms with E-state index in [1.807, 2.05) is 54.6 Å². The fraction of sp³-hybridized carbons (Fsp3) is 0.143. The SMILES string of the molecule is O=S(=O)(Nc1cccc2ccccc12)c1ccc2c(c1)[C@@H]1C=CC[C@H]1[C@@H](c1ccccc1)N2. The molecule has 0 amide bonds. The summed E-state index contributed by atoms with van der Waals surface area (Å²) in [4.78, 5) is 0.285. The number of anilines is 2. The Morgan fingerprint density at radius 1 is 0.848 bits per heavy atom. The van der Waals surface area contributed by atoms with E-state index >= 15 is 0 Å². The van der Waals surface area contributed by atoms with Crippen LogP contribution in [0.3, 0.4) is 0 Å². The summed E-state index contributed by atoms with van der Waals surface area (Å²) in [6.45, 7) is 0. The van der Waals surface area contributed by atoms with Crippen LogP contribution in [0.2, 0.25) is 0 Å². The highest BCUT2D eigenvalue weighted by Crippen LogP contribution is 2.50. The molecule has 0 spiro atoms. The fourth-order valence-electron chi connectivity index (χ4n) is 5.25. The Morgan fingerprint density at radius 3 is 2.52 bits per heavy atom. The van der Waals surface area contributed by atoms with Gasteiger partial charge in [0.2, 0.25) is 0 Å². The van der Waals surface area contributed by atoms with Crippen LogP contribution < -0.4 is 10.0 Å². The number of sulfonamides is 1. The van der Waals surface area contributed by atoms with Crippen molar-refractivity contribution >= 4 is 32.2 Å². The number of fused-ring (bicyclic) bond motifs is 4. The zero-order valence-corrected chi connectivity index (χ0v) is 18.8. The maximum atomic E-state index is 13.4. The second-order valence-corrected chi connectivity index (χ2v) is 10.4. The number of rotatable bonds is 4. The van der Waals surface area contributed by atoms with E-state index in [-0.39, 0.29) is 16.9 Å². The van der Waals surface area contributed by atoms with Crippen LogP contribution in [0.25, 0.3) is 10.8 Å². The van der Waals surface area contributed by atoms with Gasteiger partial charge in [0, 0.05) is 17.0 Å². The standard InChI is InChI=1S/C28H24N2O2S/c31-33(32,30-27-15-6-11-19-8-4-5-12-22(19)27)21-16-17-26-25(18-21)23-13-7-14-24(23)28(29-26)20-9-2-1-3-10-20/h1-13,15-18,23-24,28-30H,14H2/t23-,24-,28-/m1/s1. The fourth-order valence-corrected chi connectivity index (χ4v) is 6.36. The molecule has 1 aliphatic carbocycles. The van der Waals surface area contributed by atoms with Gasteiger partial charge in [0.1, 0.15) is 0 Å². The summed E-state index contributed by atoms with van der Waals surface area (Å²) in [6.07, 6.45) is 5.42. The first-order chi connectivity index (χ1) is 16.1. The Balaban J connectivity index is 1.37. The average Bonchev–Trinajstić information content (AvgIpc) is 3.34. The quantitative estimate of drug-likeness (QED) is 0.349. The van der Waals surface area contributed by atoms with Gasteiger partial charge in [0.15, 0.2) is 0 Å². The third kappa shape index (κ3) is 3.49. The maximum absolute atomic E-state index is 13.4. The van der Waals surface area contributed by atoms with E-state index in [1.54, 1.807) is 12.1 Å². The highest BCUT2D eigenvalue weighted by molar-refractivity contribution is 7.92. The first-order valence-corrected chi connectivity index (χ1v) is 12.7. The van der Waals surface area contributed by atoms with E-state index in [4.69, 9.17) is 0 Å². The minimum absolute atomic E-state index is 0.194. The molecule has 0 unspecified atom stereocenters. The third-order valence-electron chi connectivity index (χ3n) is 6.84. The molecule has 3 atom stereocenters. The lowest BCUT2D eigenvalue weighted by Crippen LogP contribution is -2.29. The molecule has 0 saturated heterocycles. The molecule has 2 N–H and O–H groups in total. The molecule has 1 heterocycles. The number of hydrogen-bond acceptors (Lipinski definition) is 3. The average molecular weight is 453 g/mol. The minimum atomic E-state index is -3.73. The normalized spacial score (nSPS) is 21.3. The van der Waals surface area contributed by atoms with Crippen molar-refractivity contribution < 1.29 is 8.42 Å². The van der Waals surface area contributed by atoms with Gasteiger partial charge in [-0.05, 0) is 53.1 Å². The van der Waals surface area contributed by atoms with Gasteiger partial charge in [-0.1, -0.05) is 78.9 Å². The number of benzene rings is 4. The first kappa shape index (κ1) is 20.1. The summed E-state index contributed by atoms with van der Waals surface area (Å²) in [5, 5.41) is 5.56. The molecule has 0 aromatic heterocycles. The number of nitrogens with one attached hydrogen (secondary N) is 2. The largest absolute Gasteiger partial charge is 0.378 e. The molecule has 0 fully saturated rings. The Hall–Kier alpha value is -3.57. The third-order valence-corrected chi connectivity index (χ3v) is 8.20. The summed E-state index contributed by atoms with van der Waals surface area (Å²) in [6, 6.07) is 29.6. The predicted octanol–water partition coefficient (Wildman–Crippen LogP) is 6.47. The van der Waals surface area contributed by atoms with Gasteiger partial charge < -0.3 is 5.32 Å². The highest BCUT2D eigenvalue weighted by atomic mass is 32.2. The predicted molar refractivity (Wildman–Crippen MR) is 134 cm³/mol. The van der Waals surface area contributed by atoms with Crippen molar-refractivity contribution in [3.05, 3.63) is 114 Å². The van der Waals surface area contributed by atoms with Crippen molar-refractivity contribution in [2.75, 3.05) is 10.0 Å². The van der Waals surface area contributed by atoms with Crippen molar-refractivity contribution in [3.8, 4) is 0 Å². The van der Waals surface area contributed by atoms with Gasteiger partial charge in [0.25, 0.3) is 10.0 Å². The van der Waals surface area contributed by atoms with Crippen LogP contribution in [0.4, 0.5) is 11.4 Å². The van der Waals surface area contributed by atoms with Gasteiger partial charge in [-0.25, -0.2) is 8.42 Å². The van der Waals surface area contributed by atoms with Crippen LogP contribution in [0, 0.1) is 5.92 Å². The summed E-state index contributed by atoms with van der Waals surface area (Å²) < 4.78 is 29.5. The molecule has 0 bridgehead atoms. The Kier molecular flexibility index (Phi) is 4.73. The molecule has 0 saturated carbocycles. The summed E-state index contributed by atoms with van der Waals surface area (Å²) >= 11 is 0.